The zero-order chi connectivity index (χ0) is 13.2. The highest BCUT2D eigenvalue weighted by molar-refractivity contribution is 9.10. The predicted molar refractivity (Wildman–Crippen MR) is 80.7 cm³/mol. The fourth-order valence-electron chi connectivity index (χ4n) is 2.98. The zero-order valence-electron chi connectivity index (χ0n) is 11.5. The normalized spacial score (nSPS) is 23.3. The summed E-state index contributed by atoms with van der Waals surface area (Å²) >= 11 is 3.64. The van der Waals surface area contributed by atoms with Crippen LogP contribution in [0.2, 0.25) is 0 Å². The molecule has 1 aliphatic rings. The van der Waals surface area contributed by atoms with Gasteiger partial charge >= 0.3 is 0 Å². The number of piperidine rings is 1. The summed E-state index contributed by atoms with van der Waals surface area (Å²) in [5, 5.41) is 3.50. The van der Waals surface area contributed by atoms with Gasteiger partial charge in [-0.2, -0.15) is 0 Å². The smallest absolute Gasteiger partial charge is 0.0245 e. The Labute approximate surface area is 119 Å². The van der Waals surface area contributed by atoms with Crippen LogP contribution in [0.5, 0.6) is 0 Å². The van der Waals surface area contributed by atoms with Crippen LogP contribution < -0.4 is 5.32 Å². The number of rotatable bonds is 3. The zero-order valence-corrected chi connectivity index (χ0v) is 13.1. The largest absolute Gasteiger partial charge is 0.316 e. The molecule has 18 heavy (non-hydrogen) atoms. The van der Waals surface area contributed by atoms with Crippen LogP contribution in [0.1, 0.15) is 25.8 Å². The Morgan fingerprint density at radius 3 is 2.78 bits per heavy atom. The van der Waals surface area contributed by atoms with Gasteiger partial charge in [-0.15, -0.1) is 0 Å². The van der Waals surface area contributed by atoms with E-state index in [1.165, 1.54) is 16.5 Å². The molecule has 1 N–H and O–H groups in total. The van der Waals surface area contributed by atoms with Gasteiger partial charge in [-0.05, 0) is 37.1 Å². The van der Waals surface area contributed by atoms with E-state index in [-0.39, 0.29) is 0 Å². The van der Waals surface area contributed by atoms with Gasteiger partial charge in [-0.25, -0.2) is 0 Å². The van der Waals surface area contributed by atoms with Crippen molar-refractivity contribution in [3.63, 3.8) is 0 Å². The number of halogens is 1. The average Bonchev–Trinajstić information content (AvgIpc) is 2.31. The second kappa shape index (κ2) is 5.72. The van der Waals surface area contributed by atoms with Crippen LogP contribution in [-0.2, 0) is 6.54 Å². The van der Waals surface area contributed by atoms with Crippen LogP contribution in [0, 0.1) is 5.41 Å². The van der Waals surface area contributed by atoms with Crippen molar-refractivity contribution < 1.29 is 0 Å². The average molecular weight is 311 g/mol. The molecule has 1 atom stereocenters. The molecule has 0 saturated carbocycles. The SMILES string of the molecule is CN(Cc1ccccc1Br)C1CCNCC1(C)C. The molecule has 0 amide bonds. The maximum Gasteiger partial charge on any atom is 0.0245 e. The molecule has 100 valence electrons. The van der Waals surface area contributed by atoms with E-state index < -0.39 is 0 Å². The molecule has 1 fully saturated rings. The van der Waals surface area contributed by atoms with Crippen LogP contribution in [0.25, 0.3) is 0 Å². The van der Waals surface area contributed by atoms with Crippen molar-refractivity contribution in [1.82, 2.24) is 10.2 Å². The quantitative estimate of drug-likeness (QED) is 0.922. The number of benzene rings is 1. The Hall–Kier alpha value is -0.380. The highest BCUT2D eigenvalue weighted by atomic mass is 79.9. The highest BCUT2D eigenvalue weighted by Gasteiger charge is 2.34. The maximum absolute atomic E-state index is 3.64. The first-order valence-electron chi connectivity index (χ1n) is 6.65. The van der Waals surface area contributed by atoms with E-state index >= 15 is 0 Å². The number of hydrogen-bond acceptors (Lipinski definition) is 2. The minimum absolute atomic E-state index is 0.342. The van der Waals surface area contributed by atoms with Gasteiger partial charge in [-0.3, -0.25) is 4.90 Å². The van der Waals surface area contributed by atoms with Gasteiger partial charge in [0.15, 0.2) is 0 Å². The number of nitrogens with one attached hydrogen (secondary N) is 1. The van der Waals surface area contributed by atoms with Gasteiger partial charge in [-0.1, -0.05) is 48.0 Å². The molecule has 2 rings (SSSR count). The second-order valence-electron chi connectivity index (χ2n) is 5.98. The summed E-state index contributed by atoms with van der Waals surface area (Å²) in [4.78, 5) is 2.50. The molecular formula is C15H23BrN2. The van der Waals surface area contributed by atoms with Gasteiger partial charge < -0.3 is 5.32 Å². The standard InChI is InChI=1S/C15H23BrN2/c1-15(2)11-17-9-8-14(15)18(3)10-12-6-4-5-7-13(12)16/h4-7,14,17H,8-11H2,1-3H3. The molecule has 1 heterocycles. The van der Waals surface area contributed by atoms with E-state index in [1.807, 2.05) is 0 Å². The molecule has 3 heteroatoms. The molecule has 0 radical (unpaired) electrons. The van der Waals surface area contributed by atoms with Crippen LogP contribution in [0.4, 0.5) is 0 Å². The number of hydrogen-bond donors (Lipinski definition) is 1. The summed E-state index contributed by atoms with van der Waals surface area (Å²) in [6, 6.07) is 9.15. The molecule has 1 unspecified atom stereocenters. The molecule has 1 aliphatic heterocycles. The van der Waals surface area contributed by atoms with Gasteiger partial charge in [0.1, 0.15) is 0 Å². The van der Waals surface area contributed by atoms with Gasteiger partial charge in [0.2, 0.25) is 0 Å². The van der Waals surface area contributed by atoms with E-state index in [4.69, 9.17) is 0 Å². The molecule has 0 aromatic heterocycles. The molecule has 0 aliphatic carbocycles. The van der Waals surface area contributed by atoms with Crippen LogP contribution in [0.15, 0.2) is 28.7 Å². The Bertz CT molecular complexity index is 403. The molecule has 2 nitrogen and oxygen atoms in total. The lowest BCUT2D eigenvalue weighted by Gasteiger charge is -2.44. The summed E-state index contributed by atoms with van der Waals surface area (Å²) in [6.07, 6.45) is 1.23. The Balaban J connectivity index is 2.07. The first kappa shape index (κ1) is 14.0. The van der Waals surface area contributed by atoms with E-state index in [0.717, 1.165) is 19.6 Å². The molecule has 0 bridgehead atoms. The second-order valence-corrected chi connectivity index (χ2v) is 6.83. The maximum atomic E-state index is 3.64. The fourth-order valence-corrected chi connectivity index (χ4v) is 3.39. The summed E-state index contributed by atoms with van der Waals surface area (Å²) in [5.41, 5.74) is 1.71. The third kappa shape index (κ3) is 3.14. The number of nitrogens with zero attached hydrogens (tertiary/aromatic N) is 1. The Kier molecular flexibility index (Phi) is 4.46. The molecular weight excluding hydrogens is 288 g/mol. The first-order chi connectivity index (χ1) is 8.50. The van der Waals surface area contributed by atoms with E-state index in [2.05, 4.69) is 71.3 Å². The van der Waals surface area contributed by atoms with Crippen molar-refractivity contribution in [3.05, 3.63) is 34.3 Å². The molecule has 1 aromatic carbocycles. The molecule has 1 aromatic rings. The molecule has 1 saturated heterocycles. The lowest BCUT2D eigenvalue weighted by Crippen LogP contribution is -2.53. The third-order valence-corrected chi connectivity index (χ3v) is 4.76. The summed E-state index contributed by atoms with van der Waals surface area (Å²) in [7, 11) is 2.25. The topological polar surface area (TPSA) is 15.3 Å². The highest BCUT2D eigenvalue weighted by Crippen LogP contribution is 2.30. The van der Waals surface area contributed by atoms with Gasteiger partial charge in [0, 0.05) is 23.6 Å². The monoisotopic (exact) mass is 310 g/mol. The molecule has 0 spiro atoms. The van der Waals surface area contributed by atoms with Gasteiger partial charge in [0.25, 0.3) is 0 Å². The summed E-state index contributed by atoms with van der Waals surface area (Å²) in [5.74, 6) is 0. The Morgan fingerprint density at radius 1 is 1.39 bits per heavy atom. The fraction of sp³-hybridized carbons (Fsp3) is 0.600. The van der Waals surface area contributed by atoms with Crippen LogP contribution >= 0.6 is 15.9 Å². The van der Waals surface area contributed by atoms with Crippen molar-refractivity contribution in [2.45, 2.75) is 32.9 Å². The minimum atomic E-state index is 0.342. The summed E-state index contributed by atoms with van der Waals surface area (Å²) in [6.45, 7) is 7.97. The van der Waals surface area contributed by atoms with Crippen molar-refractivity contribution in [2.75, 3.05) is 20.1 Å². The lowest BCUT2D eigenvalue weighted by atomic mass is 9.79. The van der Waals surface area contributed by atoms with Crippen molar-refractivity contribution in [3.8, 4) is 0 Å². The van der Waals surface area contributed by atoms with Crippen LogP contribution in [0.3, 0.4) is 0 Å². The van der Waals surface area contributed by atoms with E-state index in [1.54, 1.807) is 0 Å². The van der Waals surface area contributed by atoms with E-state index in [9.17, 15) is 0 Å². The van der Waals surface area contributed by atoms with Gasteiger partial charge in [0.05, 0.1) is 0 Å². The van der Waals surface area contributed by atoms with E-state index in [0.29, 0.717) is 11.5 Å². The predicted octanol–water partition coefficient (Wildman–Crippen LogP) is 3.27. The summed E-state index contributed by atoms with van der Waals surface area (Å²) < 4.78 is 1.21. The van der Waals surface area contributed by atoms with Crippen molar-refractivity contribution in [1.29, 1.82) is 0 Å². The first-order valence-corrected chi connectivity index (χ1v) is 7.44. The van der Waals surface area contributed by atoms with Crippen molar-refractivity contribution in [2.24, 2.45) is 5.41 Å². The van der Waals surface area contributed by atoms with Crippen molar-refractivity contribution >= 4 is 15.9 Å². The van der Waals surface area contributed by atoms with Crippen LogP contribution in [-0.4, -0.2) is 31.1 Å². The third-order valence-electron chi connectivity index (χ3n) is 3.99. The minimum Gasteiger partial charge on any atom is -0.316 e. The Morgan fingerprint density at radius 2 is 2.11 bits per heavy atom. The lowest BCUT2D eigenvalue weighted by molar-refractivity contribution is 0.0743.